The topological polar surface area (TPSA) is 23.6 Å². The van der Waals surface area contributed by atoms with E-state index in [-0.39, 0.29) is 11.7 Å². The molecule has 0 atom stereocenters. The predicted octanol–water partition coefficient (Wildman–Crippen LogP) is 2.11. The maximum atomic E-state index is 13.0. The van der Waals surface area contributed by atoms with Crippen molar-refractivity contribution in [1.82, 2.24) is 9.80 Å². The zero-order valence-electron chi connectivity index (χ0n) is 10.2. The number of amides is 1. The Bertz CT molecular complexity index is 409. The Morgan fingerprint density at radius 1 is 1.35 bits per heavy atom. The first-order chi connectivity index (χ1) is 7.90. The molecule has 0 aliphatic carbocycles. The molecule has 0 bridgehead atoms. The summed E-state index contributed by atoms with van der Waals surface area (Å²) in [5.41, 5.74) is 0.965. The Morgan fingerprint density at radius 2 is 2.00 bits per heavy atom. The summed E-state index contributed by atoms with van der Waals surface area (Å²) >= 11 is 3.14. The van der Waals surface area contributed by atoms with E-state index in [2.05, 4.69) is 15.9 Å². The molecule has 0 aliphatic heterocycles. The number of nitrogens with zero attached hydrogens (tertiary/aromatic N) is 2. The number of carbonyl (C=O) groups is 1. The zero-order valence-corrected chi connectivity index (χ0v) is 11.8. The molecule has 3 nitrogen and oxygen atoms in total. The number of carbonyl (C=O) groups excluding carboxylic acids is 1. The number of benzene rings is 1. The van der Waals surface area contributed by atoms with Gasteiger partial charge in [-0.15, -0.1) is 0 Å². The second-order valence-electron chi connectivity index (χ2n) is 4.21. The fourth-order valence-electron chi connectivity index (χ4n) is 1.38. The van der Waals surface area contributed by atoms with Crippen LogP contribution in [-0.2, 0) is 11.3 Å². The predicted molar refractivity (Wildman–Crippen MR) is 69.1 cm³/mol. The molecule has 0 saturated heterocycles. The summed E-state index contributed by atoms with van der Waals surface area (Å²) in [4.78, 5) is 14.9. The second-order valence-corrected chi connectivity index (χ2v) is 5.06. The SMILES string of the molecule is CN(CC(=O)N(C)C)Cc1ccc(F)c(Br)c1. The Hall–Kier alpha value is -0.940. The lowest BCUT2D eigenvalue weighted by molar-refractivity contribution is -0.129. The van der Waals surface area contributed by atoms with E-state index in [1.54, 1.807) is 31.1 Å². The normalized spacial score (nSPS) is 10.7. The molecule has 0 unspecified atom stereocenters. The molecule has 0 fully saturated rings. The molecule has 0 heterocycles. The highest BCUT2D eigenvalue weighted by atomic mass is 79.9. The standard InChI is InChI=1S/C12H16BrFN2O/c1-15(2)12(17)8-16(3)7-9-4-5-11(14)10(13)6-9/h4-6H,7-8H2,1-3H3. The van der Waals surface area contributed by atoms with Crippen LogP contribution in [0.5, 0.6) is 0 Å². The van der Waals surface area contributed by atoms with Gasteiger partial charge in [-0.05, 0) is 40.7 Å². The molecule has 0 spiro atoms. The second kappa shape index (κ2) is 6.12. The van der Waals surface area contributed by atoms with Crippen molar-refractivity contribution in [2.24, 2.45) is 0 Å². The highest BCUT2D eigenvalue weighted by molar-refractivity contribution is 9.10. The van der Waals surface area contributed by atoms with Crippen LogP contribution in [0.4, 0.5) is 4.39 Å². The van der Waals surface area contributed by atoms with Gasteiger partial charge in [0.05, 0.1) is 11.0 Å². The minimum Gasteiger partial charge on any atom is -0.348 e. The van der Waals surface area contributed by atoms with Crippen molar-refractivity contribution in [3.05, 3.63) is 34.1 Å². The van der Waals surface area contributed by atoms with E-state index in [1.165, 1.54) is 6.07 Å². The van der Waals surface area contributed by atoms with Gasteiger partial charge in [-0.25, -0.2) is 4.39 Å². The van der Waals surface area contributed by atoms with Gasteiger partial charge < -0.3 is 4.90 Å². The van der Waals surface area contributed by atoms with Crippen molar-refractivity contribution in [3.8, 4) is 0 Å². The number of likely N-dealkylation sites (N-methyl/N-ethyl adjacent to an activating group) is 2. The molecule has 1 rings (SSSR count). The molecule has 1 amide bonds. The number of hydrogen-bond acceptors (Lipinski definition) is 2. The molecule has 0 N–H and O–H groups in total. The summed E-state index contributed by atoms with van der Waals surface area (Å²) in [7, 11) is 5.31. The lowest BCUT2D eigenvalue weighted by atomic mass is 10.2. The lowest BCUT2D eigenvalue weighted by Crippen LogP contribution is -2.34. The monoisotopic (exact) mass is 302 g/mol. The third-order valence-corrected chi connectivity index (χ3v) is 2.95. The molecule has 0 saturated carbocycles. The van der Waals surface area contributed by atoms with E-state index in [0.717, 1.165) is 5.56 Å². The van der Waals surface area contributed by atoms with Crippen molar-refractivity contribution < 1.29 is 9.18 Å². The van der Waals surface area contributed by atoms with Crippen molar-refractivity contribution in [1.29, 1.82) is 0 Å². The first kappa shape index (κ1) is 14.1. The van der Waals surface area contributed by atoms with Crippen LogP contribution in [0.1, 0.15) is 5.56 Å². The van der Waals surface area contributed by atoms with Gasteiger partial charge in [0.2, 0.25) is 5.91 Å². The van der Waals surface area contributed by atoms with Crippen LogP contribution in [0.2, 0.25) is 0 Å². The van der Waals surface area contributed by atoms with Crippen LogP contribution in [0.3, 0.4) is 0 Å². The maximum Gasteiger partial charge on any atom is 0.236 e. The molecule has 1 aromatic carbocycles. The number of halogens is 2. The Kier molecular flexibility index (Phi) is 5.08. The summed E-state index contributed by atoms with van der Waals surface area (Å²) < 4.78 is 13.5. The molecule has 0 radical (unpaired) electrons. The minimum atomic E-state index is -0.277. The van der Waals surface area contributed by atoms with Crippen molar-refractivity contribution in [2.45, 2.75) is 6.54 Å². The van der Waals surface area contributed by atoms with Gasteiger partial charge in [0.15, 0.2) is 0 Å². The average molecular weight is 303 g/mol. The van der Waals surface area contributed by atoms with E-state index in [0.29, 0.717) is 17.6 Å². The van der Waals surface area contributed by atoms with Gasteiger partial charge in [-0.3, -0.25) is 9.69 Å². The van der Waals surface area contributed by atoms with E-state index < -0.39 is 0 Å². The van der Waals surface area contributed by atoms with E-state index >= 15 is 0 Å². The largest absolute Gasteiger partial charge is 0.348 e. The summed E-state index contributed by atoms with van der Waals surface area (Å²) in [6, 6.07) is 4.86. The zero-order chi connectivity index (χ0) is 13.0. The highest BCUT2D eigenvalue weighted by Gasteiger charge is 2.09. The highest BCUT2D eigenvalue weighted by Crippen LogP contribution is 2.17. The smallest absolute Gasteiger partial charge is 0.236 e. The van der Waals surface area contributed by atoms with E-state index in [1.807, 2.05) is 11.9 Å². The minimum absolute atomic E-state index is 0.0497. The van der Waals surface area contributed by atoms with Gasteiger partial charge in [0.1, 0.15) is 5.82 Å². The van der Waals surface area contributed by atoms with Crippen molar-refractivity contribution in [3.63, 3.8) is 0 Å². The molecule has 0 aromatic heterocycles. The van der Waals surface area contributed by atoms with Gasteiger partial charge in [0.25, 0.3) is 0 Å². The third-order valence-electron chi connectivity index (χ3n) is 2.34. The van der Waals surface area contributed by atoms with Crippen LogP contribution in [-0.4, -0.2) is 43.4 Å². The van der Waals surface area contributed by atoms with E-state index in [9.17, 15) is 9.18 Å². The van der Waals surface area contributed by atoms with Crippen LogP contribution >= 0.6 is 15.9 Å². The summed E-state index contributed by atoms with van der Waals surface area (Å²) in [6.45, 7) is 0.959. The quantitative estimate of drug-likeness (QED) is 0.850. The van der Waals surface area contributed by atoms with E-state index in [4.69, 9.17) is 0 Å². The fraction of sp³-hybridized carbons (Fsp3) is 0.417. The molecular weight excluding hydrogens is 287 g/mol. The number of rotatable bonds is 4. The van der Waals surface area contributed by atoms with Gasteiger partial charge in [-0.1, -0.05) is 6.07 Å². The Morgan fingerprint density at radius 3 is 2.53 bits per heavy atom. The van der Waals surface area contributed by atoms with Gasteiger partial charge in [0, 0.05) is 20.6 Å². The summed E-state index contributed by atoms with van der Waals surface area (Å²) in [5, 5.41) is 0. The Balaban J connectivity index is 2.59. The maximum absolute atomic E-state index is 13.0. The first-order valence-corrected chi connectivity index (χ1v) is 6.02. The van der Waals surface area contributed by atoms with Crippen molar-refractivity contribution >= 4 is 21.8 Å². The average Bonchev–Trinajstić information content (AvgIpc) is 2.23. The third kappa shape index (κ3) is 4.44. The number of hydrogen-bond donors (Lipinski definition) is 0. The summed E-state index contributed by atoms with van der Waals surface area (Å²) in [6.07, 6.45) is 0. The molecule has 5 heteroatoms. The molecular formula is C12H16BrFN2O. The van der Waals surface area contributed by atoms with Crippen LogP contribution in [0.15, 0.2) is 22.7 Å². The summed E-state index contributed by atoms with van der Waals surface area (Å²) in [5.74, 6) is -0.227. The molecule has 94 valence electrons. The molecule has 17 heavy (non-hydrogen) atoms. The van der Waals surface area contributed by atoms with Crippen LogP contribution < -0.4 is 0 Å². The van der Waals surface area contributed by atoms with Gasteiger partial charge in [-0.2, -0.15) is 0 Å². The van der Waals surface area contributed by atoms with Crippen LogP contribution in [0, 0.1) is 5.82 Å². The Labute approximate surface area is 109 Å². The first-order valence-electron chi connectivity index (χ1n) is 5.22. The lowest BCUT2D eigenvalue weighted by Gasteiger charge is -2.19. The fourth-order valence-corrected chi connectivity index (χ4v) is 1.80. The van der Waals surface area contributed by atoms with Crippen molar-refractivity contribution in [2.75, 3.05) is 27.7 Å². The molecule has 1 aromatic rings. The molecule has 0 aliphatic rings. The van der Waals surface area contributed by atoms with Crippen LogP contribution in [0.25, 0.3) is 0 Å². The van der Waals surface area contributed by atoms with Gasteiger partial charge >= 0.3 is 0 Å².